The minimum atomic E-state index is -3.72. The normalized spacial score (nSPS) is 26.5. The largest absolute Gasteiger partial charge is 0.330 e. The molecule has 32 heavy (non-hydrogen) atoms. The molecule has 9 heteroatoms. The lowest BCUT2D eigenvalue weighted by Gasteiger charge is -2.29. The fourth-order valence-electron chi connectivity index (χ4n) is 3.56. The lowest BCUT2D eigenvalue weighted by molar-refractivity contribution is -0.144. The first-order valence-electron chi connectivity index (χ1n) is 11.7. The van der Waals surface area contributed by atoms with Crippen molar-refractivity contribution in [1.82, 2.24) is 10.2 Å². The molecule has 166 valence electrons. The molecule has 1 N–H and O–H groups in total. The van der Waals surface area contributed by atoms with Crippen molar-refractivity contribution >= 4 is 35.1 Å². The summed E-state index contributed by atoms with van der Waals surface area (Å²) >= 11 is 5.71. The van der Waals surface area contributed by atoms with E-state index in [0.29, 0.717) is 16.0 Å². The van der Waals surface area contributed by atoms with Crippen LogP contribution in [0.3, 0.4) is 0 Å². The highest BCUT2D eigenvalue weighted by molar-refractivity contribution is 6.30. The fourth-order valence-corrected chi connectivity index (χ4v) is 3.69. The number of aryl methyl sites for hydroxylation is 1. The van der Waals surface area contributed by atoms with Crippen molar-refractivity contribution in [1.29, 1.82) is 0 Å². The van der Waals surface area contributed by atoms with E-state index < -0.39 is 60.2 Å². The Kier molecular flexibility index (Phi) is 4.59. The van der Waals surface area contributed by atoms with E-state index in [1.807, 2.05) is 0 Å². The summed E-state index contributed by atoms with van der Waals surface area (Å²) in [6.07, 6.45) is -5.69. The summed E-state index contributed by atoms with van der Waals surface area (Å²) in [6.45, 7) is -0.340. The Morgan fingerprint density at radius 2 is 1.94 bits per heavy atom. The highest BCUT2D eigenvalue weighted by Crippen LogP contribution is 2.32. The molecule has 2 aromatic rings. The zero-order valence-corrected chi connectivity index (χ0v) is 17.2. The quantitative estimate of drug-likeness (QED) is 0.664. The van der Waals surface area contributed by atoms with Crippen molar-refractivity contribution < 1.29 is 33.4 Å². The van der Waals surface area contributed by atoms with E-state index in [-0.39, 0.29) is 23.6 Å². The molecular formula is C23H19ClF2N2O4. The molecular weight excluding hydrogens is 442 g/mol. The number of carbonyl (C=O) groups is 4. The van der Waals surface area contributed by atoms with Gasteiger partial charge in [-0.2, -0.15) is 8.78 Å². The van der Waals surface area contributed by atoms with Crippen LogP contribution in [0, 0.1) is 0 Å². The van der Waals surface area contributed by atoms with E-state index in [1.54, 1.807) is 5.32 Å². The van der Waals surface area contributed by atoms with Crippen LogP contribution >= 0.6 is 11.6 Å². The summed E-state index contributed by atoms with van der Waals surface area (Å²) in [7, 11) is 0. The number of alkyl halides is 2. The van der Waals surface area contributed by atoms with Crippen LogP contribution in [0.15, 0.2) is 42.5 Å². The Labute approximate surface area is 193 Å². The highest BCUT2D eigenvalue weighted by atomic mass is 35.5. The van der Waals surface area contributed by atoms with E-state index in [9.17, 15) is 28.0 Å². The summed E-state index contributed by atoms with van der Waals surface area (Å²) in [5, 5.41) is 1.97. The van der Waals surface area contributed by atoms with Crippen LogP contribution in [0.2, 0.25) is 5.02 Å². The standard InChI is InChI=1S/C23H19ClF2N2O4/c24-16-5-3-15(4-6-16)23(25,26)19(29)9-2-13-1-7-17-14(11-13)12-28(22(17)32)18-8-10-20(30)27-21(18)31/h1,3-7,11,18H,2,8-10,12H2,(H,27,30,31)/t18-/m0/s1/i8D,10D2,18D/t8?,18-. The third-order valence-corrected chi connectivity index (χ3v) is 5.51. The summed E-state index contributed by atoms with van der Waals surface area (Å²) < 4.78 is 61.3. The summed E-state index contributed by atoms with van der Waals surface area (Å²) in [4.78, 5) is 50.2. The maximum absolute atomic E-state index is 14.5. The predicted molar refractivity (Wildman–Crippen MR) is 111 cm³/mol. The van der Waals surface area contributed by atoms with Crippen LogP contribution in [0.1, 0.15) is 51.7 Å². The van der Waals surface area contributed by atoms with E-state index in [4.69, 9.17) is 17.1 Å². The molecule has 0 radical (unpaired) electrons. The number of halogens is 3. The van der Waals surface area contributed by atoms with Crippen LogP contribution in [-0.4, -0.2) is 34.4 Å². The second-order valence-corrected chi connectivity index (χ2v) is 7.78. The molecule has 3 amide bonds. The Morgan fingerprint density at radius 3 is 2.66 bits per heavy atom. The molecule has 0 bridgehead atoms. The third-order valence-electron chi connectivity index (χ3n) is 5.26. The average Bonchev–Trinajstić information content (AvgIpc) is 3.16. The van der Waals surface area contributed by atoms with Crippen LogP contribution in [-0.2, 0) is 33.3 Å². The first-order chi connectivity index (χ1) is 16.7. The minimum Gasteiger partial charge on any atom is -0.322 e. The van der Waals surface area contributed by atoms with Gasteiger partial charge in [0, 0.05) is 39.6 Å². The molecule has 2 aliphatic heterocycles. The number of amides is 3. The van der Waals surface area contributed by atoms with Gasteiger partial charge in [-0.3, -0.25) is 24.5 Å². The Balaban J connectivity index is 1.51. The molecule has 0 saturated carbocycles. The predicted octanol–water partition coefficient (Wildman–Crippen LogP) is 3.39. The molecule has 2 atom stereocenters. The molecule has 2 aliphatic rings. The second kappa shape index (κ2) is 8.43. The van der Waals surface area contributed by atoms with Crippen molar-refractivity contribution in [2.75, 3.05) is 0 Å². The molecule has 0 aromatic heterocycles. The second-order valence-electron chi connectivity index (χ2n) is 7.34. The molecule has 2 heterocycles. The van der Waals surface area contributed by atoms with Gasteiger partial charge >= 0.3 is 5.92 Å². The molecule has 1 saturated heterocycles. The molecule has 0 aliphatic carbocycles. The SMILES string of the molecule is [2H]C1C([2H])([2H])C(=O)NC(=O)[C@@]1([2H])N1Cc2cc(CCC(=O)C(F)(F)c3ccc(Cl)cc3)ccc2C1=O. The lowest BCUT2D eigenvalue weighted by atomic mass is 9.97. The van der Waals surface area contributed by atoms with Gasteiger partial charge in [0.15, 0.2) is 0 Å². The number of carbonyl (C=O) groups excluding carboxylic acids is 4. The molecule has 1 unspecified atom stereocenters. The molecule has 6 nitrogen and oxygen atoms in total. The van der Waals surface area contributed by atoms with E-state index in [2.05, 4.69) is 0 Å². The van der Waals surface area contributed by atoms with Crippen LogP contribution < -0.4 is 5.32 Å². The van der Waals surface area contributed by atoms with E-state index in [1.165, 1.54) is 30.3 Å². The zero-order valence-electron chi connectivity index (χ0n) is 20.5. The minimum absolute atomic E-state index is 0.0753. The van der Waals surface area contributed by atoms with Gasteiger partial charge < -0.3 is 4.90 Å². The molecule has 2 aromatic carbocycles. The topological polar surface area (TPSA) is 83.6 Å². The van der Waals surface area contributed by atoms with Gasteiger partial charge in [-0.25, -0.2) is 0 Å². The monoisotopic (exact) mass is 464 g/mol. The number of piperidine rings is 1. The number of hydrogen-bond acceptors (Lipinski definition) is 4. The van der Waals surface area contributed by atoms with Gasteiger partial charge in [-0.15, -0.1) is 0 Å². The fraction of sp³-hybridized carbons (Fsp3) is 0.304. The Hall–Kier alpha value is -3.13. The number of nitrogens with zero attached hydrogens (tertiary/aromatic N) is 1. The van der Waals surface area contributed by atoms with Crippen LogP contribution in [0.5, 0.6) is 0 Å². The number of rotatable bonds is 6. The smallest absolute Gasteiger partial charge is 0.322 e. The number of Topliss-reactive ketones (excluding diaryl/α,β-unsaturated/α-hetero) is 1. The maximum Gasteiger partial charge on any atom is 0.330 e. The van der Waals surface area contributed by atoms with Crippen LogP contribution in [0.4, 0.5) is 8.78 Å². The first-order valence-corrected chi connectivity index (χ1v) is 9.97. The van der Waals surface area contributed by atoms with Gasteiger partial charge in [-0.05, 0) is 42.1 Å². The maximum atomic E-state index is 14.5. The number of fused-ring (bicyclic) bond motifs is 1. The highest BCUT2D eigenvalue weighted by Gasteiger charge is 2.41. The number of benzene rings is 2. The third kappa shape index (κ3) is 4.14. The average molecular weight is 465 g/mol. The lowest BCUT2D eigenvalue weighted by Crippen LogP contribution is -2.52. The van der Waals surface area contributed by atoms with E-state index >= 15 is 0 Å². The van der Waals surface area contributed by atoms with Gasteiger partial charge in [0.25, 0.3) is 5.91 Å². The Morgan fingerprint density at radius 1 is 1.22 bits per heavy atom. The number of imide groups is 1. The first kappa shape index (κ1) is 17.4. The van der Waals surface area contributed by atoms with Gasteiger partial charge in [0.2, 0.25) is 17.6 Å². The van der Waals surface area contributed by atoms with Gasteiger partial charge in [0.05, 0.1) is 1.37 Å². The number of hydrogen-bond donors (Lipinski definition) is 1. The number of ketones is 1. The van der Waals surface area contributed by atoms with Gasteiger partial charge in [0.1, 0.15) is 6.02 Å². The van der Waals surface area contributed by atoms with E-state index in [0.717, 1.165) is 12.1 Å². The summed E-state index contributed by atoms with van der Waals surface area (Å²) in [5.74, 6) is -8.49. The number of nitrogens with one attached hydrogen (secondary N) is 1. The molecule has 4 rings (SSSR count). The Bertz CT molecular complexity index is 1290. The van der Waals surface area contributed by atoms with Crippen molar-refractivity contribution in [3.05, 3.63) is 69.7 Å². The molecule has 1 fully saturated rings. The van der Waals surface area contributed by atoms with Gasteiger partial charge in [-0.1, -0.05) is 35.9 Å². The van der Waals surface area contributed by atoms with Crippen LogP contribution in [0.25, 0.3) is 0 Å². The van der Waals surface area contributed by atoms with Crippen molar-refractivity contribution in [2.24, 2.45) is 0 Å². The van der Waals surface area contributed by atoms with Crippen molar-refractivity contribution in [3.63, 3.8) is 0 Å². The van der Waals surface area contributed by atoms with Crippen molar-refractivity contribution in [2.45, 2.75) is 44.1 Å². The van der Waals surface area contributed by atoms with Crippen molar-refractivity contribution in [3.8, 4) is 0 Å². The molecule has 0 spiro atoms. The summed E-state index contributed by atoms with van der Waals surface area (Å²) in [5.41, 5.74) is 0.366. The zero-order chi connectivity index (χ0) is 26.6. The summed E-state index contributed by atoms with van der Waals surface area (Å²) in [6, 6.07) is 6.23.